The molecule has 2 radical (unpaired) electrons. The van der Waals surface area contributed by atoms with Gasteiger partial charge in [0.15, 0.2) is 0 Å². The molecule has 0 heterocycles. The summed E-state index contributed by atoms with van der Waals surface area (Å²) in [6.07, 6.45) is 16.2. The van der Waals surface area contributed by atoms with Gasteiger partial charge in [-0.15, -0.1) is 0 Å². The van der Waals surface area contributed by atoms with Crippen LogP contribution in [0.1, 0.15) is 97.0 Å². The molecule has 0 aliphatic heterocycles. The zero-order valence-corrected chi connectivity index (χ0v) is 32.3. The molecular formula is C23H44Nd2O8P4+4. The van der Waals surface area contributed by atoms with E-state index in [1.54, 1.807) is 0 Å². The predicted molar refractivity (Wildman–Crippen MR) is 145 cm³/mol. The Morgan fingerprint density at radius 1 is 0.703 bits per heavy atom. The Hall–Kier alpha value is 2.16. The van der Waals surface area contributed by atoms with E-state index in [-0.39, 0.29) is 81.7 Å². The fourth-order valence-electron chi connectivity index (χ4n) is 2.57. The van der Waals surface area contributed by atoms with Crippen LogP contribution in [0.3, 0.4) is 0 Å². The molecule has 37 heavy (non-hydrogen) atoms. The SMILES string of the molecule is CCCCCCCCCc1cc[c-]cc1.O=PO.O=PO.O=PO.O=PO.[CH2-]C(CC)CCCC.[Nd+3].[Nd+3]. The Bertz CT molecular complexity index is 499. The molecule has 0 aromatic heterocycles. The fraction of sp³-hybridized carbons (Fsp3) is 0.696. The largest absolute Gasteiger partial charge is 3.00 e. The first-order valence-corrected chi connectivity index (χ1v) is 14.6. The molecule has 208 valence electrons. The van der Waals surface area contributed by atoms with Gasteiger partial charge in [-0.1, -0.05) is 97.8 Å². The van der Waals surface area contributed by atoms with E-state index in [0.717, 1.165) is 0 Å². The van der Waals surface area contributed by atoms with Crippen LogP contribution in [0.2, 0.25) is 0 Å². The first kappa shape index (κ1) is 55.1. The molecule has 8 nitrogen and oxygen atoms in total. The van der Waals surface area contributed by atoms with Gasteiger partial charge < -0.3 is 26.5 Å². The third-order valence-electron chi connectivity index (χ3n) is 4.40. The Labute approximate surface area is 297 Å². The molecule has 1 unspecified atom stereocenters. The number of aryl methyl sites for hydroxylation is 1. The molecule has 0 saturated heterocycles. The van der Waals surface area contributed by atoms with E-state index < -0.39 is 34.7 Å². The van der Waals surface area contributed by atoms with Gasteiger partial charge in [0, 0.05) is 0 Å². The van der Waals surface area contributed by atoms with Crippen molar-refractivity contribution in [1.29, 1.82) is 0 Å². The second-order valence-electron chi connectivity index (χ2n) is 7.02. The minimum Gasteiger partial charge on any atom is -0.340 e. The molecule has 1 aromatic rings. The van der Waals surface area contributed by atoms with E-state index >= 15 is 0 Å². The maximum Gasteiger partial charge on any atom is 3.00 e. The summed E-state index contributed by atoms with van der Waals surface area (Å²) in [7, 11) is -3.33. The van der Waals surface area contributed by atoms with E-state index in [0.29, 0.717) is 5.92 Å². The number of hydrogen-bond donors (Lipinski definition) is 4. The number of benzene rings is 1. The molecule has 14 heteroatoms. The standard InChI is InChI=1S/C15H23.C8H17.2Nd.4HO2P/c1-2-3-4-5-6-7-9-12-15-13-10-8-11-14-15;1-4-6-7-8(3)5-2;;;4*1-3-2/h10-11,13-14H,2-7,9,12H2,1H3;8H,3-7H2,1-2H3;;;4*(H,1,2)/q2*-1;2*+3;;;;. The number of hydrogen-bond acceptors (Lipinski definition) is 4. The third kappa shape index (κ3) is 78.8. The zero-order valence-electron chi connectivity index (χ0n) is 22.3. The predicted octanol–water partition coefficient (Wildman–Crippen LogP) is 8.56. The monoisotopic (exact) mass is 856 g/mol. The van der Waals surface area contributed by atoms with Crippen LogP contribution in [0.5, 0.6) is 0 Å². The molecule has 0 saturated carbocycles. The van der Waals surface area contributed by atoms with Gasteiger partial charge in [-0.05, 0) is 0 Å². The summed E-state index contributed by atoms with van der Waals surface area (Å²) in [5.41, 5.74) is 1.46. The zero-order chi connectivity index (χ0) is 28.0. The van der Waals surface area contributed by atoms with Crippen LogP contribution >= 0.6 is 34.7 Å². The van der Waals surface area contributed by atoms with Gasteiger partial charge >= 0.3 is 116 Å². The molecular weight excluding hydrogens is 817 g/mol. The van der Waals surface area contributed by atoms with Gasteiger partial charge in [0.05, 0.1) is 0 Å². The molecule has 0 bridgehead atoms. The summed E-state index contributed by atoms with van der Waals surface area (Å²) in [5.74, 6) is 0.704. The fourth-order valence-corrected chi connectivity index (χ4v) is 2.57. The quantitative estimate of drug-likeness (QED) is 0.0929. The van der Waals surface area contributed by atoms with Crippen LogP contribution in [0.15, 0.2) is 24.3 Å². The van der Waals surface area contributed by atoms with Gasteiger partial charge in [-0.25, -0.2) is 18.3 Å². The van der Waals surface area contributed by atoms with Crippen molar-refractivity contribution in [3.05, 3.63) is 42.8 Å². The van der Waals surface area contributed by atoms with Crippen molar-refractivity contribution in [3.8, 4) is 0 Å². The van der Waals surface area contributed by atoms with E-state index in [9.17, 15) is 0 Å². The van der Waals surface area contributed by atoms with E-state index in [2.05, 4.69) is 45.9 Å². The third-order valence-corrected chi connectivity index (χ3v) is 4.40. The maximum atomic E-state index is 8.46. The Morgan fingerprint density at radius 3 is 1.41 bits per heavy atom. The van der Waals surface area contributed by atoms with Crippen molar-refractivity contribution < 1.29 is 120 Å². The smallest absolute Gasteiger partial charge is 0.340 e. The van der Waals surface area contributed by atoms with Crippen molar-refractivity contribution in [3.63, 3.8) is 0 Å². The van der Waals surface area contributed by atoms with Gasteiger partial charge in [-0.2, -0.15) is 41.8 Å². The Morgan fingerprint density at radius 2 is 1.05 bits per heavy atom. The Balaban J connectivity index is -0.0000000695. The summed E-state index contributed by atoms with van der Waals surface area (Å²) in [4.78, 5) is 27.9. The van der Waals surface area contributed by atoms with E-state index in [1.807, 2.05) is 12.1 Å². The van der Waals surface area contributed by atoms with Crippen LogP contribution < -0.4 is 0 Å². The minimum atomic E-state index is -0.833. The molecule has 0 spiro atoms. The van der Waals surface area contributed by atoms with Crippen LogP contribution in [-0.4, -0.2) is 19.6 Å². The topological polar surface area (TPSA) is 149 Å². The summed E-state index contributed by atoms with van der Waals surface area (Å²) in [6, 6.07) is 11.4. The molecule has 0 aliphatic rings. The molecule has 1 aromatic carbocycles. The maximum absolute atomic E-state index is 8.46. The van der Waals surface area contributed by atoms with Gasteiger partial charge in [-0.3, -0.25) is 0 Å². The minimum absolute atomic E-state index is 0. The van der Waals surface area contributed by atoms with Crippen LogP contribution in [-0.2, 0) is 24.7 Å². The Kier molecular flexibility index (Phi) is 92.3. The van der Waals surface area contributed by atoms with Gasteiger partial charge in [0.25, 0.3) is 0 Å². The molecule has 0 aliphatic carbocycles. The van der Waals surface area contributed by atoms with Gasteiger partial charge in [0.1, 0.15) is 0 Å². The summed E-state index contributed by atoms with van der Waals surface area (Å²) < 4.78 is 33.8. The number of rotatable bonds is 12. The summed E-state index contributed by atoms with van der Waals surface area (Å²) in [5, 5.41) is 0. The van der Waals surface area contributed by atoms with Crippen molar-refractivity contribution in [2.24, 2.45) is 5.92 Å². The average molecular weight is 861 g/mol. The first-order chi connectivity index (χ1) is 16.9. The summed E-state index contributed by atoms with van der Waals surface area (Å²) in [6.45, 7) is 10.7. The molecule has 1 rings (SSSR count). The van der Waals surface area contributed by atoms with Crippen molar-refractivity contribution in [2.45, 2.75) is 97.8 Å². The second kappa shape index (κ2) is 62.0. The molecule has 0 amide bonds. The molecule has 1 atom stereocenters. The van der Waals surface area contributed by atoms with Crippen LogP contribution in [0.25, 0.3) is 0 Å². The number of unbranched alkanes of at least 4 members (excludes halogenated alkanes) is 7. The van der Waals surface area contributed by atoms with Crippen molar-refractivity contribution in [1.82, 2.24) is 0 Å². The normalized spacial score (nSPS) is 9.51. The van der Waals surface area contributed by atoms with Crippen molar-refractivity contribution in [2.75, 3.05) is 0 Å². The molecule has 4 N–H and O–H groups in total. The van der Waals surface area contributed by atoms with Crippen LogP contribution in [0, 0.1) is 101 Å². The summed E-state index contributed by atoms with van der Waals surface area (Å²) >= 11 is 0. The molecule has 0 fully saturated rings. The van der Waals surface area contributed by atoms with E-state index in [4.69, 9.17) is 37.8 Å². The van der Waals surface area contributed by atoms with E-state index in [1.165, 1.54) is 82.6 Å². The van der Waals surface area contributed by atoms with Crippen molar-refractivity contribution >= 4 is 34.7 Å². The van der Waals surface area contributed by atoms with Gasteiger partial charge in [0.2, 0.25) is 0 Å². The second-order valence-corrected chi connectivity index (χ2v) is 7.68. The first-order valence-electron chi connectivity index (χ1n) is 11.6. The average Bonchev–Trinajstić information content (AvgIpc) is 2.85. The van der Waals surface area contributed by atoms with Crippen LogP contribution in [0.4, 0.5) is 0 Å².